The molecular formula is C14H24ClN. The summed E-state index contributed by atoms with van der Waals surface area (Å²) < 4.78 is 0. The van der Waals surface area contributed by atoms with E-state index in [1.54, 1.807) is 0 Å². The summed E-state index contributed by atoms with van der Waals surface area (Å²) >= 11 is 0. The standard InChI is InChI=1S/C10H15N.C4H8.ClH/c1-9(11-2)8-10-6-4-3-5-7-10;1-4(2)3;/h3-7,9,11H,8H2,1-2H3;1H2,2-3H3;1H/t9-;;/m0../s1. The van der Waals surface area contributed by atoms with Gasteiger partial charge in [0.05, 0.1) is 0 Å². The van der Waals surface area contributed by atoms with Crippen LogP contribution in [-0.2, 0) is 6.42 Å². The number of likely N-dealkylation sites (N-methyl/N-ethyl adjacent to an activating group) is 1. The van der Waals surface area contributed by atoms with E-state index >= 15 is 0 Å². The van der Waals surface area contributed by atoms with Gasteiger partial charge in [-0.1, -0.05) is 35.9 Å². The van der Waals surface area contributed by atoms with Gasteiger partial charge in [0, 0.05) is 6.04 Å². The molecule has 0 unspecified atom stereocenters. The number of halogens is 1. The molecule has 1 atom stereocenters. The van der Waals surface area contributed by atoms with Crippen molar-refractivity contribution in [1.29, 1.82) is 0 Å². The molecule has 0 radical (unpaired) electrons. The first kappa shape index (κ1) is 17.6. The van der Waals surface area contributed by atoms with Crippen molar-refractivity contribution in [3.8, 4) is 0 Å². The van der Waals surface area contributed by atoms with Crippen molar-refractivity contribution in [2.75, 3.05) is 7.05 Å². The first-order valence-corrected chi connectivity index (χ1v) is 5.39. The minimum absolute atomic E-state index is 0. The average molecular weight is 242 g/mol. The molecule has 0 fully saturated rings. The van der Waals surface area contributed by atoms with E-state index in [1.165, 1.54) is 11.1 Å². The largest absolute Gasteiger partial charge is 0.317 e. The van der Waals surface area contributed by atoms with E-state index < -0.39 is 0 Å². The molecule has 0 spiro atoms. The number of hydrogen-bond donors (Lipinski definition) is 1. The lowest BCUT2D eigenvalue weighted by atomic mass is 10.1. The molecule has 1 nitrogen and oxygen atoms in total. The molecule has 0 aliphatic carbocycles. The predicted octanol–water partition coefficient (Wildman–Crippen LogP) is 3.84. The summed E-state index contributed by atoms with van der Waals surface area (Å²) in [6.07, 6.45) is 1.11. The quantitative estimate of drug-likeness (QED) is 0.793. The molecule has 0 amide bonds. The molecule has 0 aliphatic heterocycles. The minimum atomic E-state index is 0. The van der Waals surface area contributed by atoms with Crippen LogP contribution in [0.15, 0.2) is 42.5 Å². The number of allylic oxidation sites excluding steroid dienone is 1. The molecule has 0 saturated heterocycles. The highest BCUT2D eigenvalue weighted by Crippen LogP contribution is 2.01. The highest BCUT2D eigenvalue weighted by atomic mass is 35.5. The third kappa shape index (κ3) is 11.3. The summed E-state index contributed by atoms with van der Waals surface area (Å²) in [6, 6.07) is 11.1. The predicted molar refractivity (Wildman–Crippen MR) is 76.4 cm³/mol. The second-order valence-electron chi connectivity index (χ2n) is 4.09. The van der Waals surface area contributed by atoms with Gasteiger partial charge in [0.2, 0.25) is 0 Å². The van der Waals surface area contributed by atoms with Gasteiger partial charge in [-0.05, 0) is 39.8 Å². The van der Waals surface area contributed by atoms with E-state index in [1.807, 2.05) is 27.0 Å². The summed E-state index contributed by atoms with van der Waals surface area (Å²) in [5.41, 5.74) is 2.56. The molecule has 2 heteroatoms. The van der Waals surface area contributed by atoms with Crippen LogP contribution in [0, 0.1) is 0 Å². The van der Waals surface area contributed by atoms with Gasteiger partial charge in [-0.15, -0.1) is 19.0 Å². The lowest BCUT2D eigenvalue weighted by Crippen LogP contribution is -2.23. The van der Waals surface area contributed by atoms with Crippen molar-refractivity contribution >= 4 is 12.4 Å². The van der Waals surface area contributed by atoms with Crippen molar-refractivity contribution in [3.63, 3.8) is 0 Å². The molecule has 92 valence electrons. The maximum Gasteiger partial charge on any atom is 0.00761 e. The van der Waals surface area contributed by atoms with Gasteiger partial charge >= 0.3 is 0 Å². The van der Waals surface area contributed by atoms with Gasteiger partial charge in [-0.2, -0.15) is 0 Å². The van der Waals surface area contributed by atoms with Crippen LogP contribution < -0.4 is 5.32 Å². The van der Waals surface area contributed by atoms with Crippen molar-refractivity contribution in [1.82, 2.24) is 5.32 Å². The van der Waals surface area contributed by atoms with Gasteiger partial charge < -0.3 is 5.32 Å². The molecule has 1 aromatic carbocycles. The third-order valence-electron chi connectivity index (χ3n) is 1.88. The Labute approximate surface area is 106 Å². The van der Waals surface area contributed by atoms with Crippen LogP contribution in [0.4, 0.5) is 0 Å². The topological polar surface area (TPSA) is 12.0 Å². The maximum absolute atomic E-state index is 3.56. The van der Waals surface area contributed by atoms with Crippen LogP contribution in [0.5, 0.6) is 0 Å². The Morgan fingerprint density at radius 1 is 1.25 bits per heavy atom. The molecule has 0 aliphatic rings. The van der Waals surface area contributed by atoms with Gasteiger partial charge in [0.1, 0.15) is 0 Å². The second kappa shape index (κ2) is 10.7. The monoisotopic (exact) mass is 241 g/mol. The second-order valence-corrected chi connectivity index (χ2v) is 4.09. The number of rotatable bonds is 3. The Bertz CT molecular complexity index is 265. The molecule has 1 N–H and O–H groups in total. The Balaban J connectivity index is 0. The molecular weight excluding hydrogens is 218 g/mol. The van der Waals surface area contributed by atoms with E-state index in [2.05, 4.69) is 43.1 Å². The smallest absolute Gasteiger partial charge is 0.00761 e. The molecule has 1 aromatic rings. The van der Waals surface area contributed by atoms with E-state index in [9.17, 15) is 0 Å². The van der Waals surface area contributed by atoms with Gasteiger partial charge in [0.15, 0.2) is 0 Å². The Morgan fingerprint density at radius 3 is 2.06 bits per heavy atom. The fourth-order valence-corrected chi connectivity index (χ4v) is 1.07. The van der Waals surface area contributed by atoms with E-state index in [-0.39, 0.29) is 12.4 Å². The Hall–Kier alpha value is -0.790. The lowest BCUT2D eigenvalue weighted by Gasteiger charge is -2.08. The summed E-state index contributed by atoms with van der Waals surface area (Å²) in [7, 11) is 1.99. The lowest BCUT2D eigenvalue weighted by molar-refractivity contribution is 0.608. The summed E-state index contributed by atoms with van der Waals surface area (Å²) in [4.78, 5) is 0. The fraction of sp³-hybridized carbons (Fsp3) is 0.429. The highest BCUT2D eigenvalue weighted by Gasteiger charge is 1.97. The van der Waals surface area contributed by atoms with Gasteiger partial charge in [0.25, 0.3) is 0 Å². The Kier molecular flexibility index (Phi) is 11.8. The summed E-state index contributed by atoms with van der Waals surface area (Å²) in [5.74, 6) is 0. The van der Waals surface area contributed by atoms with Crippen LogP contribution in [0.2, 0.25) is 0 Å². The van der Waals surface area contributed by atoms with E-state index in [0.29, 0.717) is 6.04 Å². The summed E-state index contributed by atoms with van der Waals surface area (Å²) in [6.45, 7) is 9.69. The Morgan fingerprint density at radius 2 is 1.69 bits per heavy atom. The highest BCUT2D eigenvalue weighted by molar-refractivity contribution is 5.85. The molecule has 0 saturated carbocycles. The van der Waals surface area contributed by atoms with Crippen LogP contribution in [0.25, 0.3) is 0 Å². The third-order valence-corrected chi connectivity index (χ3v) is 1.88. The fourth-order valence-electron chi connectivity index (χ4n) is 1.07. The van der Waals surface area contributed by atoms with Gasteiger partial charge in [-0.25, -0.2) is 0 Å². The SMILES string of the molecule is C=C(C)C.CN[C@@H](C)Cc1ccccc1.Cl. The van der Waals surface area contributed by atoms with Crippen LogP contribution in [0.3, 0.4) is 0 Å². The van der Waals surface area contributed by atoms with Crippen molar-refractivity contribution < 1.29 is 0 Å². The van der Waals surface area contributed by atoms with E-state index in [0.717, 1.165) is 6.42 Å². The van der Waals surface area contributed by atoms with Crippen molar-refractivity contribution in [3.05, 3.63) is 48.0 Å². The van der Waals surface area contributed by atoms with E-state index in [4.69, 9.17) is 0 Å². The molecule has 0 aromatic heterocycles. The normalized spacial score (nSPS) is 10.5. The number of hydrogen-bond acceptors (Lipinski definition) is 1. The molecule has 1 rings (SSSR count). The zero-order valence-electron chi connectivity index (χ0n) is 10.8. The molecule has 16 heavy (non-hydrogen) atoms. The maximum atomic E-state index is 3.56. The minimum Gasteiger partial charge on any atom is -0.317 e. The first-order chi connectivity index (χ1) is 7.06. The molecule has 0 heterocycles. The zero-order chi connectivity index (χ0) is 11.7. The summed E-state index contributed by atoms with van der Waals surface area (Å²) in [5, 5.41) is 3.21. The van der Waals surface area contributed by atoms with Gasteiger partial charge in [-0.3, -0.25) is 0 Å². The first-order valence-electron chi connectivity index (χ1n) is 5.39. The van der Waals surface area contributed by atoms with Crippen molar-refractivity contribution in [2.24, 2.45) is 0 Å². The van der Waals surface area contributed by atoms with Crippen LogP contribution in [0.1, 0.15) is 26.3 Å². The number of benzene rings is 1. The van der Waals surface area contributed by atoms with Crippen molar-refractivity contribution in [2.45, 2.75) is 33.2 Å². The van der Waals surface area contributed by atoms with Crippen LogP contribution in [-0.4, -0.2) is 13.1 Å². The average Bonchev–Trinajstić information content (AvgIpc) is 2.18. The zero-order valence-corrected chi connectivity index (χ0v) is 11.6. The number of nitrogens with one attached hydrogen (secondary N) is 1. The van der Waals surface area contributed by atoms with Crippen LogP contribution >= 0.6 is 12.4 Å². The molecule has 0 bridgehead atoms.